The average molecular weight is 310 g/mol. The van der Waals surface area contributed by atoms with E-state index >= 15 is 0 Å². The summed E-state index contributed by atoms with van der Waals surface area (Å²) in [4.78, 5) is 13.3. The molecule has 1 fully saturated rings. The van der Waals surface area contributed by atoms with Crippen LogP contribution in [0.3, 0.4) is 0 Å². The Labute approximate surface area is 126 Å². The van der Waals surface area contributed by atoms with E-state index in [-0.39, 0.29) is 16.9 Å². The number of para-hydroxylation sites is 1. The first kappa shape index (κ1) is 16.0. The number of anilines is 1. The molecule has 21 heavy (non-hydrogen) atoms. The zero-order valence-corrected chi connectivity index (χ0v) is 13.3. The second-order valence-corrected chi connectivity index (χ2v) is 7.41. The van der Waals surface area contributed by atoms with Gasteiger partial charge in [-0.2, -0.15) is 0 Å². The number of carbonyl (C=O) groups is 1. The normalized spacial score (nSPS) is 19.8. The second-order valence-electron chi connectivity index (χ2n) is 5.73. The molecule has 5 nitrogen and oxygen atoms in total. The zero-order valence-electron chi connectivity index (χ0n) is 12.5. The monoisotopic (exact) mass is 310 g/mol. The van der Waals surface area contributed by atoms with E-state index in [0.717, 1.165) is 25.7 Å². The standard InChI is InChI=1S/C15H22N2O3S/c1-12(2)16-21(19,20)15-8-4-3-7-14(15)17-9-5-6-13(10-17)11-18/h3-4,7-8,11-13,16H,5-6,9-10H2,1-2H3. The lowest BCUT2D eigenvalue weighted by atomic mass is 9.99. The molecular formula is C15H22N2O3S. The molecule has 1 N–H and O–H groups in total. The van der Waals surface area contributed by atoms with Crippen LogP contribution in [-0.2, 0) is 14.8 Å². The van der Waals surface area contributed by atoms with Crippen molar-refractivity contribution in [2.45, 2.75) is 37.6 Å². The predicted molar refractivity (Wildman–Crippen MR) is 82.9 cm³/mol. The number of benzene rings is 1. The van der Waals surface area contributed by atoms with Crippen LogP contribution in [0.1, 0.15) is 26.7 Å². The molecule has 1 saturated heterocycles. The smallest absolute Gasteiger partial charge is 0.242 e. The molecule has 0 amide bonds. The van der Waals surface area contributed by atoms with E-state index in [1.807, 2.05) is 17.0 Å². The number of aldehydes is 1. The molecular weight excluding hydrogens is 288 g/mol. The minimum Gasteiger partial charge on any atom is -0.370 e. The van der Waals surface area contributed by atoms with E-state index in [9.17, 15) is 13.2 Å². The molecule has 0 saturated carbocycles. The van der Waals surface area contributed by atoms with Gasteiger partial charge in [0.2, 0.25) is 10.0 Å². The maximum Gasteiger partial charge on any atom is 0.242 e. The van der Waals surface area contributed by atoms with Crippen LogP contribution in [0.5, 0.6) is 0 Å². The number of rotatable bonds is 5. The Morgan fingerprint density at radius 3 is 2.71 bits per heavy atom. The fourth-order valence-corrected chi connectivity index (χ4v) is 4.14. The lowest BCUT2D eigenvalue weighted by Crippen LogP contribution is -2.38. The third-order valence-corrected chi connectivity index (χ3v) is 5.24. The van der Waals surface area contributed by atoms with Gasteiger partial charge in [0, 0.05) is 25.0 Å². The molecule has 1 aliphatic heterocycles. The van der Waals surface area contributed by atoms with Gasteiger partial charge in [-0.15, -0.1) is 0 Å². The number of sulfonamides is 1. The summed E-state index contributed by atoms with van der Waals surface area (Å²) in [6.07, 6.45) is 2.74. The van der Waals surface area contributed by atoms with Crippen molar-refractivity contribution in [3.05, 3.63) is 24.3 Å². The van der Waals surface area contributed by atoms with E-state index in [1.54, 1.807) is 26.0 Å². The van der Waals surface area contributed by atoms with Crippen LogP contribution in [0.2, 0.25) is 0 Å². The Kier molecular flexibility index (Phi) is 5.00. The van der Waals surface area contributed by atoms with Crippen LogP contribution in [0, 0.1) is 5.92 Å². The van der Waals surface area contributed by atoms with Gasteiger partial charge in [0.15, 0.2) is 0 Å². The molecule has 1 aromatic rings. The first-order valence-corrected chi connectivity index (χ1v) is 8.74. The molecule has 6 heteroatoms. The first-order valence-electron chi connectivity index (χ1n) is 7.25. The minimum atomic E-state index is -3.54. The fraction of sp³-hybridized carbons (Fsp3) is 0.533. The number of hydrogen-bond donors (Lipinski definition) is 1. The Morgan fingerprint density at radius 1 is 1.33 bits per heavy atom. The Balaban J connectivity index is 2.35. The molecule has 1 unspecified atom stereocenters. The van der Waals surface area contributed by atoms with Crippen molar-refractivity contribution >= 4 is 22.0 Å². The van der Waals surface area contributed by atoms with Crippen LogP contribution in [-0.4, -0.2) is 33.8 Å². The van der Waals surface area contributed by atoms with Gasteiger partial charge in [0.25, 0.3) is 0 Å². The summed E-state index contributed by atoms with van der Waals surface area (Å²) < 4.78 is 27.5. The summed E-state index contributed by atoms with van der Waals surface area (Å²) in [5.41, 5.74) is 0.678. The summed E-state index contributed by atoms with van der Waals surface area (Å²) in [5.74, 6) is -0.0208. The van der Waals surface area contributed by atoms with Crippen LogP contribution in [0.15, 0.2) is 29.2 Å². The van der Waals surface area contributed by atoms with E-state index in [4.69, 9.17) is 0 Å². The van der Waals surface area contributed by atoms with Gasteiger partial charge in [-0.25, -0.2) is 13.1 Å². The van der Waals surface area contributed by atoms with Crippen LogP contribution in [0.4, 0.5) is 5.69 Å². The SMILES string of the molecule is CC(C)NS(=O)(=O)c1ccccc1N1CCCC(C=O)C1. The Morgan fingerprint density at radius 2 is 2.05 bits per heavy atom. The highest BCUT2D eigenvalue weighted by atomic mass is 32.2. The molecule has 0 aliphatic carbocycles. The number of nitrogens with one attached hydrogen (secondary N) is 1. The molecule has 1 heterocycles. The second kappa shape index (κ2) is 6.58. The number of carbonyl (C=O) groups excluding carboxylic acids is 1. The van der Waals surface area contributed by atoms with Crippen molar-refractivity contribution in [1.29, 1.82) is 0 Å². The molecule has 1 atom stereocenters. The van der Waals surface area contributed by atoms with E-state index < -0.39 is 10.0 Å². The average Bonchev–Trinajstić information content (AvgIpc) is 2.46. The number of piperidine rings is 1. The topological polar surface area (TPSA) is 66.5 Å². The van der Waals surface area contributed by atoms with Crippen molar-refractivity contribution in [2.24, 2.45) is 5.92 Å². The number of hydrogen-bond acceptors (Lipinski definition) is 4. The maximum atomic E-state index is 12.4. The summed E-state index contributed by atoms with van der Waals surface area (Å²) in [6.45, 7) is 4.95. The molecule has 1 aromatic carbocycles. The van der Waals surface area contributed by atoms with E-state index in [1.165, 1.54) is 0 Å². The van der Waals surface area contributed by atoms with Crippen molar-refractivity contribution in [2.75, 3.05) is 18.0 Å². The highest BCUT2D eigenvalue weighted by Crippen LogP contribution is 2.28. The quantitative estimate of drug-likeness (QED) is 0.842. The zero-order chi connectivity index (χ0) is 15.5. The summed E-state index contributed by atoms with van der Waals surface area (Å²) in [5, 5.41) is 0. The van der Waals surface area contributed by atoms with Crippen LogP contribution >= 0.6 is 0 Å². The van der Waals surface area contributed by atoms with Gasteiger partial charge in [-0.1, -0.05) is 12.1 Å². The molecule has 0 bridgehead atoms. The molecule has 2 rings (SSSR count). The fourth-order valence-electron chi connectivity index (χ4n) is 2.66. The largest absolute Gasteiger partial charge is 0.370 e. The van der Waals surface area contributed by atoms with Crippen molar-refractivity contribution in [3.63, 3.8) is 0 Å². The van der Waals surface area contributed by atoms with Crippen molar-refractivity contribution < 1.29 is 13.2 Å². The summed E-state index contributed by atoms with van der Waals surface area (Å²) >= 11 is 0. The van der Waals surface area contributed by atoms with Gasteiger partial charge in [-0.05, 0) is 38.8 Å². The number of nitrogens with zero attached hydrogens (tertiary/aromatic N) is 1. The lowest BCUT2D eigenvalue weighted by molar-refractivity contribution is -0.111. The third kappa shape index (κ3) is 3.83. The first-order chi connectivity index (χ1) is 9.94. The lowest BCUT2D eigenvalue weighted by Gasteiger charge is -2.33. The molecule has 0 radical (unpaired) electrons. The van der Waals surface area contributed by atoms with Gasteiger partial charge in [0.1, 0.15) is 11.2 Å². The van der Waals surface area contributed by atoms with E-state index in [2.05, 4.69) is 4.72 Å². The van der Waals surface area contributed by atoms with Gasteiger partial charge < -0.3 is 9.69 Å². The van der Waals surface area contributed by atoms with Crippen molar-refractivity contribution in [3.8, 4) is 0 Å². The van der Waals surface area contributed by atoms with Gasteiger partial charge in [-0.3, -0.25) is 0 Å². The van der Waals surface area contributed by atoms with Gasteiger partial charge >= 0.3 is 0 Å². The highest BCUT2D eigenvalue weighted by Gasteiger charge is 2.26. The minimum absolute atomic E-state index is 0.0208. The third-order valence-electron chi connectivity index (χ3n) is 3.54. The van der Waals surface area contributed by atoms with Gasteiger partial charge in [0.05, 0.1) is 5.69 Å². The molecule has 0 aromatic heterocycles. The molecule has 116 valence electrons. The summed E-state index contributed by atoms with van der Waals surface area (Å²) in [6, 6.07) is 6.81. The van der Waals surface area contributed by atoms with Crippen molar-refractivity contribution in [1.82, 2.24) is 4.72 Å². The summed E-state index contributed by atoms with van der Waals surface area (Å²) in [7, 11) is -3.54. The molecule has 1 aliphatic rings. The maximum absolute atomic E-state index is 12.4. The molecule has 0 spiro atoms. The van der Waals surface area contributed by atoms with E-state index in [0.29, 0.717) is 12.2 Å². The van der Waals surface area contributed by atoms with Crippen LogP contribution < -0.4 is 9.62 Å². The highest BCUT2D eigenvalue weighted by molar-refractivity contribution is 7.89. The Bertz CT molecular complexity index is 599. The van der Waals surface area contributed by atoms with Crippen LogP contribution in [0.25, 0.3) is 0 Å². The Hall–Kier alpha value is -1.40. The predicted octanol–water partition coefficient (Wildman–Crippen LogP) is 1.79.